The van der Waals surface area contributed by atoms with Crippen molar-refractivity contribution < 1.29 is 32.9 Å². The number of nitrogens with one attached hydrogen (secondary N) is 1. The lowest BCUT2D eigenvalue weighted by atomic mass is 10.0. The average Bonchev–Trinajstić information content (AvgIpc) is 3.19. The Morgan fingerprint density at radius 2 is 0.932 bits per heavy atom. The minimum atomic E-state index is -4.34. The smallest absolute Gasteiger partial charge is 0.387 e. The number of aliphatic hydroxyl groups is 1. The van der Waals surface area contributed by atoms with E-state index in [1.165, 1.54) is 180 Å². The van der Waals surface area contributed by atoms with Crippen molar-refractivity contribution in [3.8, 4) is 0 Å². The molecule has 1 amide bonds. The molecule has 3 atom stereocenters. The highest BCUT2D eigenvalue weighted by Crippen LogP contribution is 2.43. The van der Waals surface area contributed by atoms with E-state index in [1.54, 1.807) is 6.08 Å². The fourth-order valence-electron chi connectivity index (χ4n) is 7.41. The molecule has 0 fully saturated rings. The maximum absolute atomic E-state index is 12.8. The highest BCUT2D eigenvalue weighted by molar-refractivity contribution is 7.47. The first-order chi connectivity index (χ1) is 28.5. The SMILES string of the molecule is CCCCCCCCCCCCCCCCCCCCCCCCC/C=C/CC/C=C/C(O)C(COP(=O)(O)OCC[N+](C)(C)C)NC(=O)CCCCCCCCCC. The Kier molecular flexibility index (Phi) is 41.6. The van der Waals surface area contributed by atoms with Crippen LogP contribution in [0, 0.1) is 0 Å². The van der Waals surface area contributed by atoms with Gasteiger partial charge in [0.25, 0.3) is 0 Å². The molecule has 0 spiro atoms. The van der Waals surface area contributed by atoms with Crippen molar-refractivity contribution in [3.05, 3.63) is 24.3 Å². The number of carbonyl (C=O) groups excluding carboxylic acids is 1. The largest absolute Gasteiger partial charge is 0.472 e. The van der Waals surface area contributed by atoms with Gasteiger partial charge in [0.2, 0.25) is 5.91 Å². The van der Waals surface area contributed by atoms with Crippen molar-refractivity contribution in [2.45, 2.75) is 251 Å². The average molecular weight is 856 g/mol. The molecule has 0 aliphatic heterocycles. The van der Waals surface area contributed by atoms with Crippen molar-refractivity contribution >= 4 is 13.7 Å². The molecule has 3 unspecified atom stereocenters. The number of phosphoric ester groups is 1. The molecule has 0 aromatic rings. The molecule has 0 bridgehead atoms. The maximum atomic E-state index is 12.8. The molecule has 0 saturated carbocycles. The Labute approximate surface area is 366 Å². The third-order valence-corrected chi connectivity index (χ3v) is 12.4. The van der Waals surface area contributed by atoms with Crippen molar-refractivity contribution in [3.63, 3.8) is 0 Å². The number of allylic oxidation sites excluding steroid dienone is 3. The van der Waals surface area contributed by atoms with Crippen LogP contribution in [0.15, 0.2) is 24.3 Å². The van der Waals surface area contributed by atoms with Crippen molar-refractivity contribution in [2.24, 2.45) is 0 Å². The topological polar surface area (TPSA) is 105 Å². The van der Waals surface area contributed by atoms with E-state index >= 15 is 0 Å². The highest BCUT2D eigenvalue weighted by atomic mass is 31.2. The molecule has 3 N–H and O–H groups in total. The van der Waals surface area contributed by atoms with Crippen molar-refractivity contribution in [2.75, 3.05) is 40.9 Å². The summed E-state index contributed by atoms with van der Waals surface area (Å²) in [6.45, 7) is 4.77. The number of likely N-dealkylation sites (N-methyl/N-ethyl adjacent to an activating group) is 1. The second kappa shape index (κ2) is 42.3. The zero-order valence-corrected chi connectivity index (χ0v) is 40.7. The van der Waals surface area contributed by atoms with Crippen molar-refractivity contribution in [1.82, 2.24) is 5.32 Å². The molecule has 0 aromatic carbocycles. The molecular weight excluding hydrogens is 756 g/mol. The van der Waals surface area contributed by atoms with E-state index in [1.807, 2.05) is 27.2 Å². The lowest BCUT2D eigenvalue weighted by Crippen LogP contribution is -2.45. The zero-order valence-electron chi connectivity index (χ0n) is 39.8. The van der Waals surface area contributed by atoms with Crippen molar-refractivity contribution in [1.29, 1.82) is 0 Å². The molecule has 350 valence electrons. The molecule has 0 rings (SSSR count). The molecular formula is C50H100N2O6P+. The summed E-state index contributed by atoms with van der Waals surface area (Å²) < 4.78 is 23.5. The van der Waals surface area contributed by atoms with E-state index in [0.29, 0.717) is 17.4 Å². The predicted octanol–water partition coefficient (Wildman–Crippen LogP) is 14.5. The van der Waals surface area contributed by atoms with Gasteiger partial charge in [-0.05, 0) is 32.1 Å². The van der Waals surface area contributed by atoms with Crippen LogP contribution in [-0.2, 0) is 18.4 Å². The van der Waals surface area contributed by atoms with Crippen LogP contribution < -0.4 is 5.32 Å². The third-order valence-electron chi connectivity index (χ3n) is 11.4. The van der Waals surface area contributed by atoms with Gasteiger partial charge in [0, 0.05) is 6.42 Å². The molecule has 0 aliphatic carbocycles. The van der Waals surface area contributed by atoms with E-state index in [4.69, 9.17) is 9.05 Å². The number of hydrogen-bond acceptors (Lipinski definition) is 5. The fourth-order valence-corrected chi connectivity index (χ4v) is 8.15. The first kappa shape index (κ1) is 58.0. The monoisotopic (exact) mass is 856 g/mol. The first-order valence-corrected chi connectivity index (χ1v) is 26.7. The van der Waals surface area contributed by atoms with Gasteiger partial charge < -0.3 is 19.8 Å². The number of hydrogen-bond donors (Lipinski definition) is 3. The van der Waals surface area contributed by atoms with Gasteiger partial charge in [-0.15, -0.1) is 0 Å². The fraction of sp³-hybridized carbons (Fsp3) is 0.900. The Hall–Kier alpha value is -1.02. The summed E-state index contributed by atoms with van der Waals surface area (Å²) in [6.07, 6.45) is 51.6. The summed E-state index contributed by atoms with van der Waals surface area (Å²) in [7, 11) is 1.56. The number of aliphatic hydroxyl groups excluding tert-OH is 1. The number of quaternary nitrogens is 1. The lowest BCUT2D eigenvalue weighted by Gasteiger charge is -2.25. The van der Waals surface area contributed by atoms with Gasteiger partial charge in [-0.25, -0.2) is 4.57 Å². The van der Waals surface area contributed by atoms with E-state index in [9.17, 15) is 19.4 Å². The van der Waals surface area contributed by atoms with E-state index in [-0.39, 0.29) is 19.1 Å². The van der Waals surface area contributed by atoms with Gasteiger partial charge in [0.1, 0.15) is 13.2 Å². The quantitative estimate of drug-likeness (QED) is 0.0244. The minimum Gasteiger partial charge on any atom is -0.387 e. The molecule has 9 heteroatoms. The second-order valence-corrected chi connectivity index (χ2v) is 20.0. The number of carbonyl (C=O) groups is 1. The third kappa shape index (κ3) is 44.8. The van der Waals surface area contributed by atoms with E-state index in [0.717, 1.165) is 38.5 Å². The van der Waals surface area contributed by atoms with Crippen LogP contribution in [0.4, 0.5) is 0 Å². The van der Waals surface area contributed by atoms with Gasteiger partial charge >= 0.3 is 7.82 Å². The van der Waals surface area contributed by atoms with Crippen LogP contribution in [0.3, 0.4) is 0 Å². The standard InChI is InChI=1S/C50H99N2O6P/c1-6-8-10-12-14-16-17-18-19-20-21-22-23-24-25-26-27-28-29-30-31-32-33-34-35-36-37-39-41-43-49(53)48(47-58-59(55,56)57-46-45-52(3,4)5)51-50(54)44-42-40-38-15-13-11-9-7-2/h35-36,41,43,48-49,53H,6-34,37-40,42,44-47H2,1-5H3,(H-,51,54,55,56)/p+1/b36-35+,43-41+. The van der Waals surface area contributed by atoms with Gasteiger partial charge in [-0.1, -0.05) is 224 Å². The molecule has 0 saturated heterocycles. The Morgan fingerprint density at radius 3 is 1.36 bits per heavy atom. The van der Waals surface area contributed by atoms with E-state index < -0.39 is 20.0 Å². The molecule has 0 aliphatic rings. The Bertz CT molecular complexity index is 1020. The molecule has 0 radical (unpaired) electrons. The summed E-state index contributed by atoms with van der Waals surface area (Å²) in [5.74, 6) is -0.190. The van der Waals surface area contributed by atoms with Crippen LogP contribution in [0.1, 0.15) is 239 Å². The summed E-state index contributed by atoms with van der Waals surface area (Å²) >= 11 is 0. The molecule has 0 heterocycles. The first-order valence-electron chi connectivity index (χ1n) is 25.2. The Morgan fingerprint density at radius 1 is 0.559 bits per heavy atom. The maximum Gasteiger partial charge on any atom is 0.472 e. The number of phosphoric acid groups is 1. The minimum absolute atomic E-state index is 0.0579. The van der Waals surface area contributed by atoms with Crippen LogP contribution in [0.25, 0.3) is 0 Å². The normalized spacial score (nSPS) is 14.4. The van der Waals surface area contributed by atoms with E-state index in [2.05, 4.69) is 31.3 Å². The number of nitrogens with zero attached hydrogens (tertiary/aromatic N) is 1. The molecule has 0 aromatic heterocycles. The molecule has 8 nitrogen and oxygen atoms in total. The van der Waals surface area contributed by atoms with Gasteiger partial charge in [0.15, 0.2) is 0 Å². The number of rotatable bonds is 46. The number of amides is 1. The van der Waals surface area contributed by atoms with Gasteiger partial charge in [-0.2, -0.15) is 0 Å². The summed E-state index contributed by atoms with van der Waals surface area (Å²) in [5.41, 5.74) is 0. The zero-order chi connectivity index (χ0) is 43.6. The summed E-state index contributed by atoms with van der Waals surface area (Å²) in [4.78, 5) is 23.0. The van der Waals surface area contributed by atoms with Crippen LogP contribution in [-0.4, -0.2) is 73.4 Å². The van der Waals surface area contributed by atoms with Crippen LogP contribution >= 0.6 is 7.82 Å². The second-order valence-electron chi connectivity index (χ2n) is 18.5. The van der Waals surface area contributed by atoms with Crippen LogP contribution in [0.5, 0.6) is 0 Å². The lowest BCUT2D eigenvalue weighted by molar-refractivity contribution is -0.870. The summed E-state index contributed by atoms with van der Waals surface area (Å²) in [6, 6.07) is -0.857. The Balaban J connectivity index is 4.09. The number of unbranched alkanes of at least 4 members (excludes halogenated alkanes) is 31. The molecule has 59 heavy (non-hydrogen) atoms. The van der Waals surface area contributed by atoms with Gasteiger partial charge in [0.05, 0.1) is 39.9 Å². The van der Waals surface area contributed by atoms with Gasteiger partial charge in [-0.3, -0.25) is 13.8 Å². The predicted molar refractivity (Wildman–Crippen MR) is 254 cm³/mol. The van der Waals surface area contributed by atoms with Crippen LogP contribution in [0.2, 0.25) is 0 Å². The highest BCUT2D eigenvalue weighted by Gasteiger charge is 2.27. The summed E-state index contributed by atoms with van der Waals surface area (Å²) in [5, 5.41) is 13.8.